The first-order chi connectivity index (χ1) is 13.7. The first-order valence-electron chi connectivity index (χ1n) is 9.95. The van der Waals surface area contributed by atoms with E-state index in [0.717, 1.165) is 48.6 Å². The van der Waals surface area contributed by atoms with Crippen molar-refractivity contribution in [2.45, 2.75) is 44.5 Å². The van der Waals surface area contributed by atoms with Gasteiger partial charge in [-0.25, -0.2) is 4.98 Å². The van der Waals surface area contributed by atoms with Gasteiger partial charge in [-0.2, -0.15) is 9.97 Å². The Morgan fingerprint density at radius 3 is 2.96 bits per heavy atom. The molecule has 3 heterocycles. The highest BCUT2D eigenvalue weighted by molar-refractivity contribution is 5.84. The number of rotatable bonds is 5. The van der Waals surface area contributed by atoms with Crippen molar-refractivity contribution in [3.05, 3.63) is 41.7 Å². The number of aryl methyl sites for hydroxylation is 1. The first-order valence-corrected chi connectivity index (χ1v) is 9.95. The van der Waals surface area contributed by atoms with Crippen LogP contribution in [0.3, 0.4) is 0 Å². The number of aromatic nitrogens is 4. The number of anilines is 2. The third-order valence-corrected chi connectivity index (χ3v) is 5.69. The van der Waals surface area contributed by atoms with E-state index in [1.54, 1.807) is 6.33 Å². The molecule has 1 aliphatic carbocycles. The quantitative estimate of drug-likeness (QED) is 0.535. The highest BCUT2D eigenvalue weighted by Gasteiger charge is 2.31. The minimum absolute atomic E-state index is 0.215. The molecule has 3 atom stereocenters. The van der Waals surface area contributed by atoms with Gasteiger partial charge in [0.15, 0.2) is 17.0 Å². The van der Waals surface area contributed by atoms with Crippen molar-refractivity contribution in [3.63, 3.8) is 0 Å². The molecule has 1 aromatic carbocycles. The van der Waals surface area contributed by atoms with Crippen LogP contribution in [-0.2, 0) is 13.0 Å². The fraction of sp³-hybridized carbons (Fsp3) is 0.450. The molecule has 0 unspecified atom stereocenters. The van der Waals surface area contributed by atoms with E-state index in [1.807, 2.05) is 16.7 Å². The molecule has 2 aromatic heterocycles. The fourth-order valence-corrected chi connectivity index (χ4v) is 4.20. The molecule has 5 rings (SSSR count). The molecule has 2 aliphatic rings. The van der Waals surface area contributed by atoms with E-state index in [9.17, 15) is 5.11 Å². The monoisotopic (exact) mass is 379 g/mol. The average molecular weight is 379 g/mol. The van der Waals surface area contributed by atoms with Crippen LogP contribution >= 0.6 is 0 Å². The van der Waals surface area contributed by atoms with Crippen LogP contribution in [0, 0.1) is 0 Å². The molecule has 0 radical (unpaired) electrons. The van der Waals surface area contributed by atoms with Gasteiger partial charge in [-0.05, 0) is 31.0 Å². The lowest BCUT2D eigenvalue weighted by Gasteiger charge is -2.19. The second kappa shape index (κ2) is 7.03. The van der Waals surface area contributed by atoms with Gasteiger partial charge in [0.25, 0.3) is 0 Å². The molecule has 1 saturated heterocycles. The summed E-state index contributed by atoms with van der Waals surface area (Å²) in [5, 5.41) is 20.9. The first kappa shape index (κ1) is 17.4. The van der Waals surface area contributed by atoms with Crippen molar-refractivity contribution in [3.8, 4) is 0 Å². The summed E-state index contributed by atoms with van der Waals surface area (Å²) >= 11 is 0. The van der Waals surface area contributed by atoms with Crippen LogP contribution in [0.2, 0.25) is 0 Å². The molecule has 0 spiro atoms. The van der Waals surface area contributed by atoms with Gasteiger partial charge in [-0.15, -0.1) is 0 Å². The lowest BCUT2D eigenvalue weighted by molar-refractivity contribution is 0.165. The van der Waals surface area contributed by atoms with Crippen LogP contribution in [0.15, 0.2) is 30.6 Å². The van der Waals surface area contributed by atoms with Gasteiger partial charge in [0, 0.05) is 25.6 Å². The third-order valence-electron chi connectivity index (χ3n) is 5.69. The topological polar surface area (TPSA) is 99.9 Å². The molecule has 8 nitrogen and oxygen atoms in total. The minimum Gasteiger partial charge on any atom is -0.390 e. The van der Waals surface area contributed by atoms with Crippen molar-refractivity contribution in [2.75, 3.05) is 23.7 Å². The standard InChI is InChI=1S/C20H25N7O/c1-2-27-11-22-17-18(23-13-7-8-21-10-13)25-20(26-19(17)27)24-16-14-6-4-3-5-12(14)9-15(16)28/h3-6,11,13,15-16,21,28H,2,7-10H2,1H3,(H2,23,24,25,26)/t13-,15-,16+/m0/s1. The second-order valence-corrected chi connectivity index (χ2v) is 7.52. The van der Waals surface area contributed by atoms with Crippen LogP contribution in [0.25, 0.3) is 11.2 Å². The van der Waals surface area contributed by atoms with E-state index in [2.05, 4.69) is 40.0 Å². The van der Waals surface area contributed by atoms with Gasteiger partial charge in [0.1, 0.15) is 0 Å². The van der Waals surface area contributed by atoms with E-state index in [1.165, 1.54) is 5.56 Å². The zero-order chi connectivity index (χ0) is 19.1. The van der Waals surface area contributed by atoms with Crippen molar-refractivity contribution < 1.29 is 5.11 Å². The summed E-state index contributed by atoms with van der Waals surface area (Å²) in [6.45, 7) is 4.77. The maximum Gasteiger partial charge on any atom is 0.227 e. The lowest BCUT2D eigenvalue weighted by Crippen LogP contribution is -2.25. The van der Waals surface area contributed by atoms with Crippen LogP contribution in [0.4, 0.5) is 11.8 Å². The van der Waals surface area contributed by atoms with Crippen molar-refractivity contribution in [2.24, 2.45) is 0 Å². The Balaban J connectivity index is 1.52. The van der Waals surface area contributed by atoms with Crippen LogP contribution in [0.5, 0.6) is 0 Å². The van der Waals surface area contributed by atoms with Gasteiger partial charge in [0.05, 0.1) is 18.5 Å². The summed E-state index contributed by atoms with van der Waals surface area (Å²) < 4.78 is 2.01. The normalized spacial score (nSPS) is 23.9. The maximum absolute atomic E-state index is 10.6. The summed E-state index contributed by atoms with van der Waals surface area (Å²) in [4.78, 5) is 14.0. The fourth-order valence-electron chi connectivity index (χ4n) is 4.20. The summed E-state index contributed by atoms with van der Waals surface area (Å²) in [6, 6.07) is 8.25. The van der Waals surface area contributed by atoms with E-state index in [-0.39, 0.29) is 6.04 Å². The van der Waals surface area contributed by atoms with Crippen molar-refractivity contribution in [1.29, 1.82) is 0 Å². The number of nitrogens with one attached hydrogen (secondary N) is 3. The molecule has 28 heavy (non-hydrogen) atoms. The largest absolute Gasteiger partial charge is 0.390 e. The average Bonchev–Trinajstić information content (AvgIpc) is 3.42. The summed E-state index contributed by atoms with van der Waals surface area (Å²) in [7, 11) is 0. The summed E-state index contributed by atoms with van der Waals surface area (Å²) in [5.41, 5.74) is 3.86. The Morgan fingerprint density at radius 1 is 1.25 bits per heavy atom. The van der Waals surface area contributed by atoms with Crippen LogP contribution in [-0.4, -0.2) is 49.9 Å². The Hall–Kier alpha value is -2.71. The van der Waals surface area contributed by atoms with Gasteiger partial charge in [0.2, 0.25) is 5.95 Å². The summed E-state index contributed by atoms with van der Waals surface area (Å²) in [6.07, 6.45) is 3.00. The van der Waals surface area contributed by atoms with E-state index in [0.29, 0.717) is 18.4 Å². The highest BCUT2D eigenvalue weighted by Crippen LogP contribution is 2.34. The lowest BCUT2D eigenvalue weighted by atomic mass is 10.1. The van der Waals surface area contributed by atoms with Crippen molar-refractivity contribution >= 4 is 22.9 Å². The Bertz CT molecular complexity index is 995. The molecule has 0 bridgehead atoms. The number of fused-ring (bicyclic) bond motifs is 2. The molecule has 3 aromatic rings. The minimum atomic E-state index is -0.497. The number of hydrogen-bond donors (Lipinski definition) is 4. The van der Waals surface area contributed by atoms with Gasteiger partial charge in [-0.3, -0.25) is 0 Å². The van der Waals surface area contributed by atoms with Gasteiger partial charge < -0.3 is 25.6 Å². The molecule has 1 aliphatic heterocycles. The molecular formula is C20H25N7O. The number of aliphatic hydroxyl groups excluding tert-OH is 1. The Labute approximate surface area is 163 Å². The van der Waals surface area contributed by atoms with E-state index < -0.39 is 6.10 Å². The molecule has 0 amide bonds. The number of benzene rings is 1. The van der Waals surface area contributed by atoms with Crippen LogP contribution in [0.1, 0.15) is 30.5 Å². The van der Waals surface area contributed by atoms with Crippen molar-refractivity contribution in [1.82, 2.24) is 24.8 Å². The van der Waals surface area contributed by atoms with Crippen LogP contribution < -0.4 is 16.0 Å². The number of aliphatic hydroxyl groups is 1. The predicted octanol–water partition coefficient (Wildman–Crippen LogP) is 1.69. The summed E-state index contributed by atoms with van der Waals surface area (Å²) in [5.74, 6) is 1.26. The third kappa shape index (κ3) is 2.98. The highest BCUT2D eigenvalue weighted by atomic mass is 16.3. The van der Waals surface area contributed by atoms with Gasteiger partial charge >= 0.3 is 0 Å². The molecule has 8 heteroatoms. The smallest absolute Gasteiger partial charge is 0.227 e. The molecule has 0 saturated carbocycles. The number of nitrogens with zero attached hydrogens (tertiary/aromatic N) is 4. The molecule has 4 N–H and O–H groups in total. The Kier molecular flexibility index (Phi) is 4.37. The van der Waals surface area contributed by atoms with Gasteiger partial charge in [-0.1, -0.05) is 24.3 Å². The number of imidazole rings is 1. The zero-order valence-corrected chi connectivity index (χ0v) is 15.9. The predicted molar refractivity (Wildman–Crippen MR) is 108 cm³/mol. The molecular weight excluding hydrogens is 354 g/mol. The second-order valence-electron chi connectivity index (χ2n) is 7.52. The maximum atomic E-state index is 10.6. The van der Waals surface area contributed by atoms with E-state index >= 15 is 0 Å². The number of hydrogen-bond acceptors (Lipinski definition) is 7. The van der Waals surface area contributed by atoms with E-state index in [4.69, 9.17) is 9.97 Å². The molecule has 146 valence electrons. The SMILES string of the molecule is CCn1cnc2c(N[C@H]3CCNC3)nc(N[C@@H]3c4ccccc4C[C@@H]3O)nc21. The zero-order valence-electron chi connectivity index (χ0n) is 15.9. The Morgan fingerprint density at radius 2 is 2.14 bits per heavy atom. The molecule has 1 fully saturated rings.